The highest BCUT2D eigenvalue weighted by Gasteiger charge is 2.16. The number of carbonyl (C=O) groups is 1. The van der Waals surface area contributed by atoms with Crippen molar-refractivity contribution in [1.82, 2.24) is 9.88 Å². The van der Waals surface area contributed by atoms with E-state index in [1.807, 2.05) is 18.9 Å². The minimum Gasteiger partial charge on any atom is -0.469 e. The van der Waals surface area contributed by atoms with E-state index in [1.54, 1.807) is 12.3 Å². The summed E-state index contributed by atoms with van der Waals surface area (Å²) in [5, 5.41) is 0.946. The van der Waals surface area contributed by atoms with Crippen LogP contribution in [0.4, 0.5) is 0 Å². The fourth-order valence-electron chi connectivity index (χ4n) is 1.65. The molecule has 0 N–H and O–H groups in total. The number of hydrogen-bond donors (Lipinski definition) is 0. The summed E-state index contributed by atoms with van der Waals surface area (Å²) in [4.78, 5) is 17.3. The molecule has 1 rings (SSSR count). The molecule has 0 spiro atoms. The number of nitrogens with zero attached hydrogens (tertiary/aromatic N) is 2. The van der Waals surface area contributed by atoms with E-state index in [0.29, 0.717) is 23.3 Å². The van der Waals surface area contributed by atoms with Gasteiger partial charge in [0, 0.05) is 29.9 Å². The molecule has 0 aliphatic rings. The number of ether oxygens (including phenoxy) is 1. The Balaban J connectivity index is 2.59. The number of methoxy groups -OCH3 is 1. The second-order valence-electron chi connectivity index (χ2n) is 4.22. The average molecular weight is 291 g/mol. The summed E-state index contributed by atoms with van der Waals surface area (Å²) < 4.78 is 4.68. The molecule has 0 amide bonds. The Kier molecular flexibility index (Phi) is 5.85. The standard InChI is InChI=1S/C12H16Cl2N2O2/c1-8(12(17)18-3)6-16(2)7-9-5-15-11(14)4-10(9)13/h4-5,8H,6-7H2,1-3H3. The van der Waals surface area contributed by atoms with Crippen molar-refractivity contribution in [2.45, 2.75) is 13.5 Å². The summed E-state index contributed by atoms with van der Waals surface area (Å²) in [5.74, 6) is -0.402. The Morgan fingerprint density at radius 2 is 2.22 bits per heavy atom. The van der Waals surface area contributed by atoms with Crippen LogP contribution in [0.2, 0.25) is 10.2 Å². The van der Waals surface area contributed by atoms with Gasteiger partial charge in [0.25, 0.3) is 0 Å². The third-order valence-corrected chi connectivity index (χ3v) is 3.08. The number of esters is 1. The molecule has 6 heteroatoms. The number of aromatic nitrogens is 1. The lowest BCUT2D eigenvalue weighted by molar-refractivity contribution is -0.145. The van der Waals surface area contributed by atoms with E-state index in [9.17, 15) is 4.79 Å². The van der Waals surface area contributed by atoms with E-state index in [0.717, 1.165) is 5.56 Å². The summed E-state index contributed by atoms with van der Waals surface area (Å²) in [6.07, 6.45) is 1.64. The van der Waals surface area contributed by atoms with Gasteiger partial charge in [0.05, 0.1) is 13.0 Å². The van der Waals surface area contributed by atoms with Crippen LogP contribution in [0.3, 0.4) is 0 Å². The highest BCUT2D eigenvalue weighted by molar-refractivity contribution is 6.34. The number of hydrogen-bond acceptors (Lipinski definition) is 4. The van der Waals surface area contributed by atoms with E-state index < -0.39 is 0 Å². The highest BCUT2D eigenvalue weighted by Crippen LogP contribution is 2.20. The Morgan fingerprint density at radius 1 is 1.56 bits per heavy atom. The quantitative estimate of drug-likeness (QED) is 0.618. The van der Waals surface area contributed by atoms with Crippen molar-refractivity contribution in [3.63, 3.8) is 0 Å². The third-order valence-electron chi connectivity index (χ3n) is 2.53. The number of pyridine rings is 1. The molecule has 0 saturated carbocycles. The van der Waals surface area contributed by atoms with Crippen molar-refractivity contribution in [1.29, 1.82) is 0 Å². The fraction of sp³-hybridized carbons (Fsp3) is 0.500. The first-order valence-electron chi connectivity index (χ1n) is 5.50. The molecule has 0 radical (unpaired) electrons. The van der Waals surface area contributed by atoms with Crippen LogP contribution in [0.1, 0.15) is 12.5 Å². The SMILES string of the molecule is COC(=O)C(C)CN(C)Cc1cnc(Cl)cc1Cl. The smallest absolute Gasteiger partial charge is 0.309 e. The van der Waals surface area contributed by atoms with Gasteiger partial charge in [-0.25, -0.2) is 4.98 Å². The third kappa shape index (κ3) is 4.44. The summed E-state index contributed by atoms with van der Waals surface area (Å²) in [5.41, 5.74) is 0.876. The second kappa shape index (κ2) is 6.92. The lowest BCUT2D eigenvalue weighted by atomic mass is 10.1. The van der Waals surface area contributed by atoms with Crippen molar-refractivity contribution in [2.75, 3.05) is 20.7 Å². The van der Waals surface area contributed by atoms with Gasteiger partial charge in [0.1, 0.15) is 5.15 Å². The van der Waals surface area contributed by atoms with Gasteiger partial charge in [-0.3, -0.25) is 4.79 Å². The summed E-state index contributed by atoms with van der Waals surface area (Å²) >= 11 is 11.8. The highest BCUT2D eigenvalue weighted by atomic mass is 35.5. The molecular weight excluding hydrogens is 275 g/mol. The normalized spacial score (nSPS) is 12.6. The van der Waals surface area contributed by atoms with Crippen LogP contribution in [-0.2, 0) is 16.1 Å². The monoisotopic (exact) mass is 290 g/mol. The summed E-state index contributed by atoms with van der Waals surface area (Å²) in [7, 11) is 3.29. The van der Waals surface area contributed by atoms with Gasteiger partial charge in [0.2, 0.25) is 0 Å². The van der Waals surface area contributed by atoms with Crippen molar-refractivity contribution in [3.05, 3.63) is 28.0 Å². The number of carbonyl (C=O) groups excluding carboxylic acids is 1. The molecule has 1 aromatic heterocycles. The molecule has 0 aliphatic heterocycles. The van der Waals surface area contributed by atoms with Crippen LogP contribution in [-0.4, -0.2) is 36.6 Å². The predicted molar refractivity (Wildman–Crippen MR) is 71.8 cm³/mol. The minimum atomic E-state index is -0.220. The molecule has 4 nitrogen and oxygen atoms in total. The molecule has 0 aromatic carbocycles. The zero-order valence-corrected chi connectivity index (χ0v) is 12.1. The van der Waals surface area contributed by atoms with Crippen LogP contribution < -0.4 is 0 Å². The molecule has 18 heavy (non-hydrogen) atoms. The van der Waals surface area contributed by atoms with Crippen molar-refractivity contribution in [3.8, 4) is 0 Å². The molecule has 1 aromatic rings. The molecule has 1 heterocycles. The van der Waals surface area contributed by atoms with Crippen molar-refractivity contribution in [2.24, 2.45) is 5.92 Å². The van der Waals surface area contributed by atoms with Gasteiger partial charge in [-0.2, -0.15) is 0 Å². The molecule has 0 fully saturated rings. The second-order valence-corrected chi connectivity index (χ2v) is 5.01. The number of halogens is 2. The summed E-state index contributed by atoms with van der Waals surface area (Å²) in [6.45, 7) is 3.01. The van der Waals surface area contributed by atoms with E-state index in [2.05, 4.69) is 9.72 Å². The topological polar surface area (TPSA) is 42.4 Å². The molecule has 1 atom stereocenters. The van der Waals surface area contributed by atoms with Crippen molar-refractivity contribution < 1.29 is 9.53 Å². The molecule has 0 saturated heterocycles. The van der Waals surface area contributed by atoms with E-state index in [1.165, 1.54) is 7.11 Å². The molecular formula is C12H16Cl2N2O2. The Bertz CT molecular complexity index is 427. The maximum Gasteiger partial charge on any atom is 0.309 e. The molecule has 0 aliphatic carbocycles. The summed E-state index contributed by atoms with van der Waals surface area (Å²) in [6, 6.07) is 1.61. The van der Waals surface area contributed by atoms with Crippen LogP contribution >= 0.6 is 23.2 Å². The van der Waals surface area contributed by atoms with E-state index >= 15 is 0 Å². The average Bonchev–Trinajstić information content (AvgIpc) is 2.31. The van der Waals surface area contributed by atoms with Gasteiger partial charge in [-0.05, 0) is 13.1 Å². The largest absolute Gasteiger partial charge is 0.469 e. The minimum absolute atomic E-state index is 0.181. The van der Waals surface area contributed by atoms with Gasteiger partial charge in [-0.15, -0.1) is 0 Å². The Hall–Kier alpha value is -0.840. The number of rotatable bonds is 5. The molecule has 0 bridgehead atoms. The van der Waals surface area contributed by atoms with Gasteiger partial charge < -0.3 is 9.64 Å². The first kappa shape index (κ1) is 15.2. The first-order valence-corrected chi connectivity index (χ1v) is 6.26. The van der Waals surface area contributed by atoms with Gasteiger partial charge in [0.15, 0.2) is 0 Å². The predicted octanol–water partition coefficient (Wildman–Crippen LogP) is 2.63. The lowest BCUT2D eigenvalue weighted by Crippen LogP contribution is -2.29. The molecule has 100 valence electrons. The van der Waals surface area contributed by atoms with Crippen molar-refractivity contribution >= 4 is 29.2 Å². The van der Waals surface area contributed by atoms with Crippen LogP contribution in [0, 0.1) is 5.92 Å². The van der Waals surface area contributed by atoms with E-state index in [4.69, 9.17) is 23.2 Å². The Morgan fingerprint density at radius 3 is 2.78 bits per heavy atom. The lowest BCUT2D eigenvalue weighted by Gasteiger charge is -2.20. The Labute approximate surface area is 117 Å². The maximum atomic E-state index is 11.3. The van der Waals surface area contributed by atoms with Crippen LogP contribution in [0.5, 0.6) is 0 Å². The van der Waals surface area contributed by atoms with Crippen LogP contribution in [0.15, 0.2) is 12.3 Å². The van der Waals surface area contributed by atoms with Crippen LogP contribution in [0.25, 0.3) is 0 Å². The zero-order chi connectivity index (χ0) is 13.7. The van der Waals surface area contributed by atoms with E-state index in [-0.39, 0.29) is 11.9 Å². The first-order chi connectivity index (χ1) is 8.43. The maximum absolute atomic E-state index is 11.3. The zero-order valence-electron chi connectivity index (χ0n) is 10.6. The fourth-order valence-corrected chi connectivity index (χ4v) is 2.08. The molecule has 1 unspecified atom stereocenters. The van der Waals surface area contributed by atoms with Gasteiger partial charge in [-0.1, -0.05) is 30.1 Å². The van der Waals surface area contributed by atoms with Gasteiger partial charge >= 0.3 is 5.97 Å².